The van der Waals surface area contributed by atoms with Crippen molar-refractivity contribution in [1.29, 1.82) is 0 Å². The number of hydrogen-bond acceptors (Lipinski definition) is 3. The topological polar surface area (TPSA) is 55.9 Å². The molecule has 1 aromatic rings. The summed E-state index contributed by atoms with van der Waals surface area (Å²) in [6, 6.07) is 1.61. The smallest absolute Gasteiger partial charge is 0.0730 e. The second-order valence-corrected chi connectivity index (χ2v) is 3.88. The number of aromatic carboxylic acids is 1. The van der Waals surface area contributed by atoms with Crippen LogP contribution >= 0.6 is 11.8 Å². The van der Waals surface area contributed by atoms with Gasteiger partial charge in [0.05, 0.1) is 11.0 Å². The number of hydrogen-bond donors (Lipinski definition) is 1. The number of nitrogens with one attached hydrogen (secondary N) is 1. The van der Waals surface area contributed by atoms with E-state index in [0.717, 1.165) is 23.6 Å². The van der Waals surface area contributed by atoms with Crippen molar-refractivity contribution in [3.8, 4) is 0 Å². The highest BCUT2D eigenvalue weighted by Gasteiger charge is 1.99. The molecule has 4 heteroatoms. The van der Waals surface area contributed by atoms with E-state index in [0.29, 0.717) is 0 Å². The fourth-order valence-corrected chi connectivity index (χ4v) is 1.91. The minimum Gasteiger partial charge on any atom is -0.545 e. The fourth-order valence-electron chi connectivity index (χ4n) is 0.901. The molecule has 0 spiro atoms. The molecule has 0 radical (unpaired) electrons. The molecule has 13 heavy (non-hydrogen) atoms. The first kappa shape index (κ1) is 10.2. The molecule has 1 aromatic heterocycles. The summed E-state index contributed by atoms with van der Waals surface area (Å²) in [7, 11) is 0. The van der Waals surface area contributed by atoms with Gasteiger partial charge in [-0.1, -0.05) is 13.3 Å². The lowest BCUT2D eigenvalue weighted by Crippen LogP contribution is -2.21. The summed E-state index contributed by atoms with van der Waals surface area (Å²) in [6.45, 7) is 2.13. The lowest BCUT2D eigenvalue weighted by Gasteiger charge is -1.95. The molecular formula is C9H12NO2S-. The zero-order chi connectivity index (χ0) is 9.68. The highest BCUT2D eigenvalue weighted by molar-refractivity contribution is 7.99. The number of carboxylic acids is 1. The maximum absolute atomic E-state index is 10.4. The van der Waals surface area contributed by atoms with Gasteiger partial charge in [0.1, 0.15) is 0 Å². The van der Waals surface area contributed by atoms with Crippen LogP contribution < -0.4 is 5.11 Å². The maximum Gasteiger partial charge on any atom is 0.0730 e. The molecule has 0 aromatic carbocycles. The molecule has 0 unspecified atom stereocenters. The minimum atomic E-state index is -1.13. The standard InChI is InChI=1S/C9H13NO2S/c1-2-3-4-13-8-5-7(6-10-8)9(11)12/h5-6,10H,2-4H2,1H3,(H,11,12)/p-1. The molecule has 72 valence electrons. The SMILES string of the molecule is CCCCSc1cc(C(=O)[O-])c[nH]1. The monoisotopic (exact) mass is 198 g/mol. The van der Waals surface area contributed by atoms with Gasteiger partial charge in [-0.25, -0.2) is 0 Å². The second kappa shape index (κ2) is 4.97. The van der Waals surface area contributed by atoms with Crippen LogP contribution in [0, 0.1) is 0 Å². The number of aromatic nitrogens is 1. The summed E-state index contributed by atoms with van der Waals surface area (Å²) in [5, 5.41) is 11.3. The van der Waals surface area contributed by atoms with Crippen molar-refractivity contribution in [2.75, 3.05) is 5.75 Å². The van der Waals surface area contributed by atoms with Crippen molar-refractivity contribution in [2.24, 2.45) is 0 Å². The van der Waals surface area contributed by atoms with Crippen LogP contribution in [0.2, 0.25) is 0 Å². The number of H-pyrrole nitrogens is 1. The molecule has 0 saturated carbocycles. The molecule has 0 bridgehead atoms. The summed E-state index contributed by atoms with van der Waals surface area (Å²) < 4.78 is 0. The zero-order valence-corrected chi connectivity index (χ0v) is 8.32. The van der Waals surface area contributed by atoms with Crippen LogP contribution in [0.5, 0.6) is 0 Å². The quantitative estimate of drug-likeness (QED) is 0.572. The van der Waals surface area contributed by atoms with E-state index in [9.17, 15) is 9.90 Å². The van der Waals surface area contributed by atoms with Gasteiger partial charge < -0.3 is 14.9 Å². The zero-order valence-electron chi connectivity index (χ0n) is 7.50. The summed E-state index contributed by atoms with van der Waals surface area (Å²) in [5.74, 6) is -0.109. The van der Waals surface area contributed by atoms with Crippen molar-refractivity contribution in [2.45, 2.75) is 24.8 Å². The first-order valence-corrected chi connectivity index (χ1v) is 5.25. The number of unbranched alkanes of at least 4 members (excludes halogenated alkanes) is 1. The first-order chi connectivity index (χ1) is 6.24. The van der Waals surface area contributed by atoms with Crippen molar-refractivity contribution < 1.29 is 9.90 Å². The Labute approximate surface area is 81.5 Å². The Morgan fingerprint density at radius 1 is 1.69 bits per heavy atom. The molecule has 0 atom stereocenters. The summed E-state index contributed by atoms with van der Waals surface area (Å²) in [4.78, 5) is 13.3. The molecule has 0 aliphatic rings. The Morgan fingerprint density at radius 2 is 2.46 bits per heavy atom. The molecule has 0 aliphatic heterocycles. The van der Waals surface area contributed by atoms with E-state index in [1.165, 1.54) is 6.20 Å². The second-order valence-electron chi connectivity index (χ2n) is 2.74. The van der Waals surface area contributed by atoms with E-state index >= 15 is 0 Å². The Kier molecular flexibility index (Phi) is 3.89. The summed E-state index contributed by atoms with van der Waals surface area (Å²) >= 11 is 1.64. The lowest BCUT2D eigenvalue weighted by atomic mass is 10.4. The predicted molar refractivity (Wildman–Crippen MR) is 50.8 cm³/mol. The van der Waals surface area contributed by atoms with Crippen molar-refractivity contribution in [3.63, 3.8) is 0 Å². The van der Waals surface area contributed by atoms with Gasteiger partial charge in [0.25, 0.3) is 0 Å². The largest absolute Gasteiger partial charge is 0.545 e. The third-order valence-electron chi connectivity index (χ3n) is 1.65. The number of carbonyl (C=O) groups excluding carboxylic acids is 1. The third-order valence-corrected chi connectivity index (χ3v) is 2.69. The number of carboxylic acid groups (broad SMARTS) is 1. The molecule has 0 saturated heterocycles. The van der Waals surface area contributed by atoms with Gasteiger partial charge in [0.15, 0.2) is 0 Å². The first-order valence-electron chi connectivity index (χ1n) is 4.26. The van der Waals surface area contributed by atoms with Crippen LogP contribution in [-0.2, 0) is 0 Å². The number of carbonyl (C=O) groups is 1. The highest BCUT2D eigenvalue weighted by atomic mass is 32.2. The molecule has 1 N–H and O–H groups in total. The highest BCUT2D eigenvalue weighted by Crippen LogP contribution is 2.18. The molecular weight excluding hydrogens is 186 g/mol. The van der Waals surface area contributed by atoms with E-state index in [1.807, 2.05) is 0 Å². The predicted octanol–water partition coefficient (Wildman–Crippen LogP) is 1.27. The van der Waals surface area contributed by atoms with Crippen LogP contribution in [0.15, 0.2) is 17.3 Å². The van der Waals surface area contributed by atoms with Gasteiger partial charge in [0, 0.05) is 11.8 Å². The lowest BCUT2D eigenvalue weighted by molar-refractivity contribution is -0.255. The van der Waals surface area contributed by atoms with E-state index < -0.39 is 5.97 Å². The number of aromatic amines is 1. The molecule has 0 amide bonds. The van der Waals surface area contributed by atoms with Crippen LogP contribution in [0.3, 0.4) is 0 Å². The molecule has 0 aliphatic carbocycles. The molecule has 0 fully saturated rings. The van der Waals surface area contributed by atoms with Crippen molar-refractivity contribution in [3.05, 3.63) is 17.8 Å². The van der Waals surface area contributed by atoms with Gasteiger partial charge in [-0.3, -0.25) is 0 Å². The molecule has 3 nitrogen and oxygen atoms in total. The van der Waals surface area contributed by atoms with Gasteiger partial charge >= 0.3 is 0 Å². The Balaban J connectivity index is 2.44. The van der Waals surface area contributed by atoms with Gasteiger partial charge in [0.2, 0.25) is 0 Å². The number of thioether (sulfide) groups is 1. The summed E-state index contributed by atoms with van der Waals surface area (Å²) in [6.07, 6.45) is 3.76. The van der Waals surface area contributed by atoms with E-state index in [4.69, 9.17) is 0 Å². The van der Waals surface area contributed by atoms with Gasteiger partial charge in [-0.15, -0.1) is 11.8 Å². The van der Waals surface area contributed by atoms with Gasteiger partial charge in [-0.2, -0.15) is 0 Å². The van der Waals surface area contributed by atoms with Crippen LogP contribution in [-0.4, -0.2) is 16.7 Å². The van der Waals surface area contributed by atoms with E-state index in [2.05, 4.69) is 11.9 Å². The number of rotatable bonds is 5. The average molecular weight is 198 g/mol. The van der Waals surface area contributed by atoms with Crippen molar-refractivity contribution in [1.82, 2.24) is 4.98 Å². The maximum atomic E-state index is 10.4. The molecule has 1 rings (SSSR count). The Morgan fingerprint density at radius 3 is 3.00 bits per heavy atom. The van der Waals surface area contributed by atoms with E-state index in [-0.39, 0.29) is 5.56 Å². The van der Waals surface area contributed by atoms with Crippen LogP contribution in [0.4, 0.5) is 0 Å². The molecule has 1 heterocycles. The van der Waals surface area contributed by atoms with Crippen LogP contribution in [0.1, 0.15) is 30.1 Å². The van der Waals surface area contributed by atoms with Crippen molar-refractivity contribution >= 4 is 17.7 Å². The normalized spacial score (nSPS) is 10.2. The summed E-state index contributed by atoms with van der Waals surface area (Å²) in [5.41, 5.74) is 0.221. The minimum absolute atomic E-state index is 0.221. The Hall–Kier alpha value is -0.900. The average Bonchev–Trinajstić information content (AvgIpc) is 2.53. The fraction of sp³-hybridized carbons (Fsp3) is 0.444. The van der Waals surface area contributed by atoms with Gasteiger partial charge in [-0.05, 0) is 18.2 Å². The van der Waals surface area contributed by atoms with E-state index in [1.54, 1.807) is 17.8 Å². The Bertz CT molecular complexity index is 283. The van der Waals surface area contributed by atoms with Crippen LogP contribution in [0.25, 0.3) is 0 Å². The third kappa shape index (κ3) is 3.14.